The maximum atomic E-state index is 14.5. The molecule has 310 valence electrons. The number of aliphatic hydroxyl groups is 2. The molecule has 2 aliphatic carbocycles. The lowest BCUT2D eigenvalue weighted by Crippen LogP contribution is -2.70. The zero-order valence-corrected chi connectivity index (χ0v) is 33.6. The summed E-state index contributed by atoms with van der Waals surface area (Å²) in [7, 11) is 0. The molecule has 7 atom stereocenters. The normalized spacial score (nSPS) is 26.9. The maximum Gasteiger partial charge on any atom is 0.410 e. The number of aliphatic hydroxyl groups excluding tert-OH is 2. The van der Waals surface area contributed by atoms with Crippen molar-refractivity contribution < 1.29 is 43.5 Å². The number of carbonyl (C=O) groups is 1. The first-order chi connectivity index (χ1) is 28.0. The van der Waals surface area contributed by atoms with Crippen LogP contribution in [0, 0.1) is 17.8 Å². The fourth-order valence-electron chi connectivity index (χ4n) is 9.23. The Morgan fingerprint density at radius 3 is 2.53 bits per heavy atom. The predicted octanol–water partition coefficient (Wildman–Crippen LogP) is 8.46. The molecule has 11 heteroatoms. The minimum atomic E-state index is -1.37. The van der Waals surface area contributed by atoms with Gasteiger partial charge in [0.05, 0.1) is 24.8 Å². The second-order valence-electron chi connectivity index (χ2n) is 15.5. The van der Waals surface area contributed by atoms with Gasteiger partial charge in [-0.1, -0.05) is 80.1 Å². The highest BCUT2D eigenvalue weighted by atomic mass is 16.8. The first kappa shape index (κ1) is 42.4. The highest BCUT2D eigenvalue weighted by Gasteiger charge is 2.65. The van der Waals surface area contributed by atoms with E-state index in [9.17, 15) is 15.0 Å². The Balaban J connectivity index is 1.54. The van der Waals surface area contributed by atoms with Gasteiger partial charge in [0, 0.05) is 44.1 Å². The molecule has 2 aromatic carbocycles. The van der Waals surface area contributed by atoms with Crippen LogP contribution in [0.3, 0.4) is 0 Å². The van der Waals surface area contributed by atoms with Crippen LogP contribution in [0.5, 0.6) is 11.5 Å². The van der Waals surface area contributed by atoms with Gasteiger partial charge in [-0.25, -0.2) is 4.79 Å². The van der Waals surface area contributed by atoms with Crippen molar-refractivity contribution in [2.45, 2.75) is 108 Å². The SMILES string of the molecule is C=CCOc1ccc2c(c1)C1C(CCCCO)C(CCCCO)C=C3C(=NOC4CCCCO4)CC(N(CCC)C(=O)OCc4ccccc4)C(OCC=C)(O2)C31. The van der Waals surface area contributed by atoms with E-state index in [4.69, 9.17) is 33.7 Å². The quantitative estimate of drug-likeness (QED) is 0.0728. The molecule has 6 rings (SSSR count). The van der Waals surface area contributed by atoms with E-state index in [1.54, 1.807) is 17.1 Å². The maximum absolute atomic E-state index is 14.5. The minimum absolute atomic E-state index is 0.0975. The second kappa shape index (κ2) is 21.0. The molecule has 2 aromatic rings. The Morgan fingerprint density at radius 1 is 1.02 bits per heavy atom. The van der Waals surface area contributed by atoms with Crippen LogP contribution in [-0.2, 0) is 25.7 Å². The first-order valence-electron chi connectivity index (χ1n) is 21.0. The van der Waals surface area contributed by atoms with E-state index >= 15 is 0 Å². The van der Waals surface area contributed by atoms with E-state index in [1.807, 2.05) is 49.4 Å². The summed E-state index contributed by atoms with van der Waals surface area (Å²) in [6.45, 7) is 11.8. The highest BCUT2D eigenvalue weighted by molar-refractivity contribution is 6.03. The van der Waals surface area contributed by atoms with Crippen molar-refractivity contribution in [3.8, 4) is 11.5 Å². The Morgan fingerprint density at radius 2 is 1.81 bits per heavy atom. The Labute approximate surface area is 338 Å². The summed E-state index contributed by atoms with van der Waals surface area (Å²) in [5.74, 6) is -0.375. The molecule has 2 heterocycles. The summed E-state index contributed by atoms with van der Waals surface area (Å²) in [5.41, 5.74) is 3.59. The molecule has 2 aliphatic heterocycles. The summed E-state index contributed by atoms with van der Waals surface area (Å²) < 4.78 is 32.5. The molecule has 1 saturated heterocycles. The third-order valence-electron chi connectivity index (χ3n) is 11.7. The van der Waals surface area contributed by atoms with Crippen LogP contribution in [0.2, 0.25) is 0 Å². The number of fused-ring (bicyclic) bond motifs is 2. The average Bonchev–Trinajstić information content (AvgIpc) is 3.24. The number of rotatable bonds is 21. The average molecular weight is 787 g/mol. The number of nitrogens with zero attached hydrogens (tertiary/aromatic N) is 2. The van der Waals surface area contributed by atoms with Crippen molar-refractivity contribution >= 4 is 11.8 Å². The van der Waals surface area contributed by atoms with Crippen LogP contribution in [0.15, 0.2) is 90.6 Å². The lowest BCUT2D eigenvalue weighted by Gasteiger charge is -2.60. The van der Waals surface area contributed by atoms with Crippen molar-refractivity contribution in [1.29, 1.82) is 0 Å². The number of amides is 1. The molecule has 2 fully saturated rings. The van der Waals surface area contributed by atoms with E-state index in [1.165, 1.54) is 0 Å². The van der Waals surface area contributed by atoms with Crippen LogP contribution in [0.4, 0.5) is 4.79 Å². The van der Waals surface area contributed by atoms with Gasteiger partial charge in [-0.3, -0.25) is 4.90 Å². The Kier molecular flexibility index (Phi) is 15.7. The van der Waals surface area contributed by atoms with E-state index in [0.29, 0.717) is 50.5 Å². The van der Waals surface area contributed by atoms with Gasteiger partial charge >= 0.3 is 6.09 Å². The third kappa shape index (κ3) is 9.94. The monoisotopic (exact) mass is 786 g/mol. The van der Waals surface area contributed by atoms with Crippen LogP contribution >= 0.6 is 0 Å². The van der Waals surface area contributed by atoms with Crippen molar-refractivity contribution in [1.82, 2.24) is 4.90 Å². The summed E-state index contributed by atoms with van der Waals surface area (Å²) in [5, 5.41) is 24.7. The zero-order chi connectivity index (χ0) is 40.0. The number of benzene rings is 2. The van der Waals surface area contributed by atoms with E-state index in [0.717, 1.165) is 67.4 Å². The number of unbranched alkanes of at least 4 members (excludes halogenated alkanes) is 2. The van der Waals surface area contributed by atoms with E-state index in [-0.39, 0.29) is 50.6 Å². The van der Waals surface area contributed by atoms with E-state index < -0.39 is 30.1 Å². The number of oxime groups is 1. The number of hydrogen-bond donors (Lipinski definition) is 2. The molecule has 11 nitrogen and oxygen atoms in total. The molecule has 1 saturated carbocycles. The predicted molar refractivity (Wildman–Crippen MR) is 219 cm³/mol. The largest absolute Gasteiger partial charge is 0.490 e. The van der Waals surface area contributed by atoms with Crippen LogP contribution in [-0.4, -0.2) is 84.6 Å². The minimum Gasteiger partial charge on any atom is -0.490 e. The van der Waals surface area contributed by atoms with Crippen molar-refractivity contribution in [3.05, 3.63) is 96.6 Å². The molecule has 4 aliphatic rings. The van der Waals surface area contributed by atoms with Crippen LogP contribution < -0.4 is 9.47 Å². The first-order valence-corrected chi connectivity index (χ1v) is 21.0. The Bertz CT molecular complexity index is 1670. The molecule has 0 spiro atoms. The van der Waals surface area contributed by atoms with Gasteiger partial charge in [-0.15, -0.1) is 6.58 Å². The fraction of sp³-hybridized carbons (Fsp3) is 0.565. The topological polar surface area (TPSA) is 129 Å². The zero-order valence-electron chi connectivity index (χ0n) is 33.6. The highest BCUT2D eigenvalue weighted by Crippen LogP contribution is 2.62. The third-order valence-corrected chi connectivity index (χ3v) is 11.7. The molecule has 2 N–H and O–H groups in total. The Hall–Kier alpha value is -4.16. The van der Waals surface area contributed by atoms with E-state index in [2.05, 4.69) is 25.3 Å². The van der Waals surface area contributed by atoms with Crippen molar-refractivity contribution in [2.75, 3.05) is 39.6 Å². The molecule has 0 radical (unpaired) electrons. The van der Waals surface area contributed by atoms with Gasteiger partial charge in [-0.05, 0) is 86.1 Å². The van der Waals surface area contributed by atoms with Gasteiger partial charge in [0.1, 0.15) is 30.8 Å². The number of hydrogen-bond acceptors (Lipinski definition) is 10. The van der Waals surface area contributed by atoms with Gasteiger partial charge in [0.2, 0.25) is 12.1 Å². The molecular weight excluding hydrogens is 725 g/mol. The van der Waals surface area contributed by atoms with Crippen molar-refractivity contribution in [2.24, 2.45) is 22.9 Å². The van der Waals surface area contributed by atoms with Gasteiger partial charge in [-0.2, -0.15) is 0 Å². The smallest absolute Gasteiger partial charge is 0.410 e. The molecular formula is C46H62N2O9. The number of ether oxygens (including phenoxy) is 5. The second-order valence-corrected chi connectivity index (χ2v) is 15.5. The van der Waals surface area contributed by atoms with Gasteiger partial charge in [0.15, 0.2) is 0 Å². The molecule has 1 amide bonds. The summed E-state index contributed by atoms with van der Waals surface area (Å²) in [6.07, 6.45) is 13.3. The van der Waals surface area contributed by atoms with Crippen molar-refractivity contribution in [3.63, 3.8) is 0 Å². The van der Waals surface area contributed by atoms with Gasteiger partial charge in [0.25, 0.3) is 0 Å². The standard InChI is InChI=1S/C46H62N2O9/c1-4-23-48(45(51)54-32-33-16-8-7-9-17-33)41-31-39(47-57-42-20-12-15-28-53-42)37-29-34(18-10-13-24-49)36(19-11-14-25-50)43-38-30-35(52-26-5-2)21-22-40(38)56-46(41,44(37)43)55-27-6-3/h5-9,16-17,21-22,29-30,34,36,41-44,49-50H,2-4,10-15,18-20,23-28,31-32H2,1H3. The van der Waals surface area contributed by atoms with Crippen LogP contribution in [0.25, 0.3) is 0 Å². The summed E-state index contributed by atoms with van der Waals surface area (Å²) >= 11 is 0. The number of carbonyl (C=O) groups excluding carboxylic acids is 1. The molecule has 0 aromatic heterocycles. The molecule has 0 bridgehead atoms. The summed E-state index contributed by atoms with van der Waals surface area (Å²) in [4.78, 5) is 22.5. The van der Waals surface area contributed by atoms with Gasteiger partial charge < -0.3 is 38.7 Å². The number of allylic oxidation sites excluding steroid dienone is 1. The lowest BCUT2D eigenvalue weighted by atomic mass is 9.55. The lowest BCUT2D eigenvalue weighted by molar-refractivity contribution is -0.255. The molecule has 7 unspecified atom stereocenters. The van der Waals surface area contributed by atoms with Crippen LogP contribution in [0.1, 0.15) is 94.6 Å². The molecule has 57 heavy (non-hydrogen) atoms. The fourth-order valence-corrected chi connectivity index (χ4v) is 9.23. The summed E-state index contributed by atoms with van der Waals surface area (Å²) in [6, 6.07) is 14.9.